The summed E-state index contributed by atoms with van der Waals surface area (Å²) < 4.78 is 12.9. The number of carbonyl (C=O) groups is 1. The molecule has 3 aromatic heterocycles. The number of pyridine rings is 1. The Kier molecular flexibility index (Phi) is 5.03. The first-order chi connectivity index (χ1) is 15.2. The number of methoxy groups -OCH3 is 1. The van der Waals surface area contributed by atoms with Crippen LogP contribution in [0.25, 0.3) is 22.7 Å². The van der Waals surface area contributed by atoms with E-state index in [0.29, 0.717) is 25.4 Å². The number of aromatic nitrogens is 3. The number of fused-ring (bicyclic) bond motifs is 1. The third-order valence-corrected chi connectivity index (χ3v) is 5.61. The lowest BCUT2D eigenvalue weighted by Gasteiger charge is -2.19. The molecule has 158 valence electrons. The molecule has 4 aromatic rings. The summed E-state index contributed by atoms with van der Waals surface area (Å²) in [7, 11) is 1.64. The van der Waals surface area contributed by atoms with Gasteiger partial charge in [0, 0.05) is 25.8 Å². The number of benzene rings is 1. The van der Waals surface area contributed by atoms with Gasteiger partial charge in [0.25, 0.3) is 0 Å². The van der Waals surface area contributed by atoms with E-state index in [2.05, 4.69) is 14.9 Å². The molecule has 4 heterocycles. The van der Waals surface area contributed by atoms with Crippen molar-refractivity contribution >= 4 is 17.2 Å². The van der Waals surface area contributed by atoms with Crippen LogP contribution in [0, 0.1) is 0 Å². The molecule has 31 heavy (non-hydrogen) atoms. The van der Waals surface area contributed by atoms with Crippen molar-refractivity contribution in [1.29, 1.82) is 0 Å². The number of nitrogens with zero attached hydrogens (tertiary/aromatic N) is 4. The van der Waals surface area contributed by atoms with Crippen LogP contribution >= 0.6 is 0 Å². The van der Waals surface area contributed by atoms with E-state index < -0.39 is 0 Å². The van der Waals surface area contributed by atoms with Crippen molar-refractivity contribution in [1.82, 2.24) is 24.8 Å². The number of hydrogen-bond donors (Lipinski definition) is 1. The Morgan fingerprint density at radius 2 is 2.10 bits per heavy atom. The lowest BCUT2D eigenvalue weighted by molar-refractivity contribution is 0.207. The largest absolute Gasteiger partial charge is 0.497 e. The van der Waals surface area contributed by atoms with Crippen molar-refractivity contribution in [2.24, 2.45) is 0 Å². The van der Waals surface area contributed by atoms with Crippen LogP contribution in [0.2, 0.25) is 0 Å². The fourth-order valence-corrected chi connectivity index (χ4v) is 4.03. The van der Waals surface area contributed by atoms with Gasteiger partial charge in [0.1, 0.15) is 11.3 Å². The number of imidazole rings is 1. The summed E-state index contributed by atoms with van der Waals surface area (Å²) >= 11 is 0. The van der Waals surface area contributed by atoms with E-state index in [1.54, 1.807) is 19.6 Å². The van der Waals surface area contributed by atoms with Crippen LogP contribution in [-0.2, 0) is 6.54 Å². The molecule has 5 rings (SSSR count). The Morgan fingerprint density at radius 1 is 1.23 bits per heavy atom. The summed E-state index contributed by atoms with van der Waals surface area (Å²) in [6, 6.07) is 15.2. The van der Waals surface area contributed by atoms with Gasteiger partial charge >= 0.3 is 6.03 Å². The Morgan fingerprint density at radius 3 is 2.87 bits per heavy atom. The summed E-state index contributed by atoms with van der Waals surface area (Å²) in [6.07, 6.45) is 4.23. The molecular formula is C23H23N5O3. The molecule has 0 bridgehead atoms. The van der Waals surface area contributed by atoms with Crippen LogP contribution in [0.1, 0.15) is 18.0 Å². The zero-order chi connectivity index (χ0) is 21.2. The number of amides is 2. The fourth-order valence-electron chi connectivity index (χ4n) is 4.03. The molecule has 2 amide bonds. The predicted molar refractivity (Wildman–Crippen MR) is 116 cm³/mol. The van der Waals surface area contributed by atoms with Gasteiger partial charge in [-0.1, -0.05) is 12.1 Å². The first-order valence-electron chi connectivity index (χ1n) is 10.3. The normalized spacial score (nSPS) is 16.0. The molecule has 8 heteroatoms. The van der Waals surface area contributed by atoms with Crippen molar-refractivity contribution < 1.29 is 13.9 Å². The molecule has 0 spiro atoms. The minimum absolute atomic E-state index is 0.0738. The Bertz CT molecular complexity index is 1180. The molecule has 8 nitrogen and oxygen atoms in total. The molecule has 1 aliphatic rings. The van der Waals surface area contributed by atoms with Gasteiger partial charge in [0.05, 0.1) is 19.4 Å². The lowest BCUT2D eigenvalue weighted by Crippen LogP contribution is -2.38. The third kappa shape index (κ3) is 3.72. The van der Waals surface area contributed by atoms with Crippen LogP contribution < -0.4 is 10.1 Å². The van der Waals surface area contributed by atoms with Crippen LogP contribution in [0.15, 0.2) is 65.4 Å². The Hall–Kier alpha value is -3.81. The van der Waals surface area contributed by atoms with Crippen molar-refractivity contribution in [2.75, 3.05) is 20.2 Å². The van der Waals surface area contributed by atoms with E-state index in [1.165, 1.54) is 0 Å². The van der Waals surface area contributed by atoms with Crippen molar-refractivity contribution in [3.05, 3.63) is 66.6 Å². The minimum atomic E-state index is -0.0738. The predicted octanol–water partition coefficient (Wildman–Crippen LogP) is 3.86. The number of carbonyl (C=O) groups excluding carboxylic acids is 1. The van der Waals surface area contributed by atoms with Crippen LogP contribution in [0.5, 0.6) is 5.75 Å². The molecule has 1 fully saturated rings. The zero-order valence-corrected chi connectivity index (χ0v) is 17.2. The highest BCUT2D eigenvalue weighted by Crippen LogP contribution is 2.32. The molecule has 1 N–H and O–H groups in total. The summed E-state index contributed by atoms with van der Waals surface area (Å²) in [5.74, 6) is 2.23. The van der Waals surface area contributed by atoms with Crippen molar-refractivity contribution in [3.63, 3.8) is 0 Å². The molecular weight excluding hydrogens is 394 g/mol. The van der Waals surface area contributed by atoms with Gasteiger partial charge in [0.2, 0.25) is 0 Å². The highest BCUT2D eigenvalue weighted by atomic mass is 16.5. The van der Waals surface area contributed by atoms with Crippen molar-refractivity contribution in [2.45, 2.75) is 19.0 Å². The van der Waals surface area contributed by atoms with Gasteiger partial charge in [-0.15, -0.1) is 0 Å². The Labute approximate surface area is 179 Å². The first kappa shape index (κ1) is 19.2. The number of urea groups is 1. The number of ether oxygens (including phenoxy) is 1. The second-order valence-corrected chi connectivity index (χ2v) is 7.52. The number of rotatable bonds is 5. The number of furan rings is 1. The average molecular weight is 417 g/mol. The van der Waals surface area contributed by atoms with E-state index in [-0.39, 0.29) is 12.1 Å². The van der Waals surface area contributed by atoms with E-state index >= 15 is 0 Å². The van der Waals surface area contributed by atoms with Gasteiger partial charge in [-0.2, -0.15) is 0 Å². The van der Waals surface area contributed by atoms with Gasteiger partial charge in [-0.25, -0.2) is 14.8 Å². The average Bonchev–Trinajstić information content (AvgIpc) is 3.56. The van der Waals surface area contributed by atoms with Gasteiger partial charge < -0.3 is 23.9 Å². The maximum absolute atomic E-state index is 12.8. The second kappa shape index (κ2) is 8.14. The van der Waals surface area contributed by atoms with Gasteiger partial charge in [-0.3, -0.25) is 0 Å². The van der Waals surface area contributed by atoms with E-state index in [0.717, 1.165) is 34.7 Å². The van der Waals surface area contributed by atoms with E-state index in [4.69, 9.17) is 14.1 Å². The van der Waals surface area contributed by atoms with E-state index in [1.807, 2.05) is 53.4 Å². The summed E-state index contributed by atoms with van der Waals surface area (Å²) in [4.78, 5) is 23.9. The highest BCUT2D eigenvalue weighted by molar-refractivity contribution is 5.77. The van der Waals surface area contributed by atoms with Crippen LogP contribution in [0.4, 0.5) is 4.79 Å². The molecule has 1 saturated heterocycles. The topological polar surface area (TPSA) is 85.4 Å². The molecule has 1 aliphatic heterocycles. The fraction of sp³-hybridized carbons (Fsp3) is 0.261. The first-order valence-corrected chi connectivity index (χ1v) is 10.3. The third-order valence-electron chi connectivity index (χ3n) is 5.61. The second-order valence-electron chi connectivity index (χ2n) is 7.52. The summed E-state index contributed by atoms with van der Waals surface area (Å²) in [5, 5.41) is 3.01. The standard InChI is InChI=1S/C23H23N5O3/c1-30-18-8-6-16(7-9-18)14-25-23(29)27-12-10-17(15-27)28-21-19(4-2-11-24-21)26-22(28)20-5-3-13-31-20/h2-9,11,13,17H,10,12,14-15H2,1H3,(H,25,29). The number of nitrogens with one attached hydrogen (secondary N) is 1. The van der Waals surface area contributed by atoms with Gasteiger partial charge in [0.15, 0.2) is 17.2 Å². The smallest absolute Gasteiger partial charge is 0.317 e. The highest BCUT2D eigenvalue weighted by Gasteiger charge is 2.31. The number of likely N-dealkylation sites (tertiary alicyclic amines) is 1. The molecule has 1 aromatic carbocycles. The molecule has 1 unspecified atom stereocenters. The summed E-state index contributed by atoms with van der Waals surface area (Å²) in [6.45, 7) is 1.73. The molecule has 0 aliphatic carbocycles. The van der Waals surface area contributed by atoms with Crippen molar-refractivity contribution in [3.8, 4) is 17.3 Å². The maximum atomic E-state index is 12.8. The molecule has 0 saturated carbocycles. The van der Waals surface area contributed by atoms with Crippen LogP contribution in [0.3, 0.4) is 0 Å². The number of hydrogen-bond acceptors (Lipinski definition) is 5. The summed E-state index contributed by atoms with van der Waals surface area (Å²) in [5.41, 5.74) is 2.64. The maximum Gasteiger partial charge on any atom is 0.317 e. The van der Waals surface area contributed by atoms with Crippen LogP contribution in [-0.4, -0.2) is 45.7 Å². The lowest BCUT2D eigenvalue weighted by atomic mass is 10.2. The van der Waals surface area contributed by atoms with E-state index in [9.17, 15) is 4.79 Å². The molecule has 1 atom stereocenters. The van der Waals surface area contributed by atoms with Gasteiger partial charge in [-0.05, 0) is 48.4 Å². The zero-order valence-electron chi connectivity index (χ0n) is 17.2. The monoisotopic (exact) mass is 417 g/mol. The quantitative estimate of drug-likeness (QED) is 0.533. The minimum Gasteiger partial charge on any atom is -0.497 e. The Balaban J connectivity index is 1.32. The molecule has 0 radical (unpaired) electrons. The SMILES string of the molecule is COc1ccc(CNC(=O)N2CCC(n3c(-c4ccco4)nc4cccnc43)C2)cc1.